The number of carbonyl (C=O) groups is 1. The highest BCUT2D eigenvalue weighted by molar-refractivity contribution is 9.11. The molecule has 0 fully saturated rings. The van der Waals surface area contributed by atoms with Crippen LogP contribution in [0.4, 0.5) is 16.2 Å². The molecular formula is C13H13BrN2O4S2. The van der Waals surface area contributed by atoms with Crippen LogP contribution in [-0.2, 0) is 14.8 Å². The van der Waals surface area contributed by atoms with E-state index in [1.807, 2.05) is 0 Å². The van der Waals surface area contributed by atoms with Gasteiger partial charge in [-0.2, -0.15) is 0 Å². The van der Waals surface area contributed by atoms with Crippen LogP contribution in [0.25, 0.3) is 0 Å². The number of anilines is 2. The van der Waals surface area contributed by atoms with Gasteiger partial charge in [0.25, 0.3) is 10.0 Å². The van der Waals surface area contributed by atoms with Crippen molar-refractivity contribution in [3.8, 4) is 0 Å². The topological polar surface area (TPSA) is 84.5 Å². The van der Waals surface area contributed by atoms with E-state index in [4.69, 9.17) is 4.74 Å². The first kappa shape index (κ1) is 16.8. The predicted octanol–water partition coefficient (Wildman–Crippen LogP) is 3.88. The van der Waals surface area contributed by atoms with Gasteiger partial charge in [0, 0.05) is 11.4 Å². The lowest BCUT2D eigenvalue weighted by Gasteiger charge is -2.08. The number of benzene rings is 1. The summed E-state index contributed by atoms with van der Waals surface area (Å²) in [6, 6.07) is 9.47. The fourth-order valence-electron chi connectivity index (χ4n) is 1.55. The lowest BCUT2D eigenvalue weighted by atomic mass is 10.3. The summed E-state index contributed by atoms with van der Waals surface area (Å²) in [6.45, 7) is 1.99. The molecule has 1 heterocycles. The molecule has 2 aromatic rings. The molecule has 0 saturated heterocycles. The number of sulfonamides is 1. The maximum atomic E-state index is 12.2. The molecule has 0 radical (unpaired) electrons. The van der Waals surface area contributed by atoms with E-state index in [1.54, 1.807) is 37.3 Å². The van der Waals surface area contributed by atoms with Crippen molar-refractivity contribution in [3.63, 3.8) is 0 Å². The van der Waals surface area contributed by atoms with Crippen LogP contribution in [-0.4, -0.2) is 21.1 Å². The highest BCUT2D eigenvalue weighted by atomic mass is 79.9. The molecule has 0 aliphatic rings. The number of hydrogen-bond acceptors (Lipinski definition) is 5. The molecule has 0 saturated carbocycles. The van der Waals surface area contributed by atoms with Crippen LogP contribution >= 0.6 is 27.3 Å². The van der Waals surface area contributed by atoms with Crippen molar-refractivity contribution in [2.75, 3.05) is 16.6 Å². The van der Waals surface area contributed by atoms with Crippen LogP contribution in [0.15, 0.2) is 44.4 Å². The minimum atomic E-state index is -3.61. The van der Waals surface area contributed by atoms with Gasteiger partial charge in [-0.3, -0.25) is 10.0 Å². The first-order valence-electron chi connectivity index (χ1n) is 6.22. The maximum absolute atomic E-state index is 12.2. The lowest BCUT2D eigenvalue weighted by Crippen LogP contribution is -2.14. The molecule has 0 bridgehead atoms. The maximum Gasteiger partial charge on any atom is 0.411 e. The molecule has 0 aliphatic carbocycles. The second-order valence-electron chi connectivity index (χ2n) is 4.09. The van der Waals surface area contributed by atoms with Crippen molar-refractivity contribution in [2.24, 2.45) is 0 Å². The third kappa shape index (κ3) is 4.46. The Morgan fingerprint density at radius 3 is 2.36 bits per heavy atom. The molecule has 2 rings (SSSR count). The fraction of sp³-hybridized carbons (Fsp3) is 0.154. The van der Waals surface area contributed by atoms with E-state index in [1.165, 1.54) is 6.07 Å². The summed E-state index contributed by atoms with van der Waals surface area (Å²) in [5.41, 5.74) is 0.916. The molecule has 1 amide bonds. The zero-order valence-corrected chi connectivity index (χ0v) is 14.7. The first-order valence-corrected chi connectivity index (χ1v) is 9.32. The van der Waals surface area contributed by atoms with Crippen LogP contribution in [0, 0.1) is 0 Å². The Bertz CT molecular complexity index is 757. The minimum absolute atomic E-state index is 0.216. The van der Waals surface area contributed by atoms with Crippen molar-refractivity contribution >= 4 is 54.8 Å². The van der Waals surface area contributed by atoms with Gasteiger partial charge in [-0.25, -0.2) is 13.2 Å². The summed E-state index contributed by atoms with van der Waals surface area (Å²) in [5, 5.41) is 2.53. The minimum Gasteiger partial charge on any atom is -0.450 e. The van der Waals surface area contributed by atoms with Gasteiger partial charge >= 0.3 is 6.09 Å². The van der Waals surface area contributed by atoms with Crippen molar-refractivity contribution < 1.29 is 17.9 Å². The number of thiophene rings is 1. The fourth-order valence-corrected chi connectivity index (χ4v) is 4.62. The normalized spacial score (nSPS) is 11.0. The number of amides is 1. The van der Waals surface area contributed by atoms with Crippen LogP contribution < -0.4 is 10.0 Å². The Morgan fingerprint density at radius 1 is 1.18 bits per heavy atom. The lowest BCUT2D eigenvalue weighted by molar-refractivity contribution is 0.168. The van der Waals surface area contributed by atoms with E-state index >= 15 is 0 Å². The van der Waals surface area contributed by atoms with Crippen LogP contribution in [0.3, 0.4) is 0 Å². The Morgan fingerprint density at radius 2 is 1.82 bits per heavy atom. The number of hydrogen-bond donors (Lipinski definition) is 2. The standard InChI is InChI=1S/C13H13BrN2O4S2/c1-2-20-13(17)15-9-3-5-10(6-4-9)16-22(18,19)12-8-7-11(14)21-12/h3-8,16H,2H2,1H3,(H,15,17). The Balaban J connectivity index is 2.06. The van der Waals surface area contributed by atoms with Crippen molar-refractivity contribution in [1.82, 2.24) is 0 Å². The number of carbonyl (C=O) groups excluding carboxylic acids is 1. The van der Waals surface area contributed by atoms with Gasteiger partial charge in [0.05, 0.1) is 10.4 Å². The van der Waals surface area contributed by atoms with Gasteiger partial charge in [0.1, 0.15) is 4.21 Å². The van der Waals surface area contributed by atoms with Gasteiger partial charge in [0.2, 0.25) is 0 Å². The number of rotatable bonds is 5. The Labute approximate surface area is 140 Å². The highest BCUT2D eigenvalue weighted by Gasteiger charge is 2.16. The summed E-state index contributed by atoms with van der Waals surface area (Å²) in [7, 11) is -3.61. The third-order valence-corrected chi connectivity index (χ3v) is 5.97. The van der Waals surface area contributed by atoms with E-state index < -0.39 is 16.1 Å². The summed E-state index contributed by atoms with van der Waals surface area (Å²) in [4.78, 5) is 11.3. The number of ether oxygens (including phenoxy) is 1. The van der Waals surface area contributed by atoms with Gasteiger partial charge in [-0.05, 0) is 59.3 Å². The molecule has 2 N–H and O–H groups in total. The second kappa shape index (κ2) is 7.12. The van der Waals surface area contributed by atoms with E-state index in [2.05, 4.69) is 26.0 Å². The molecule has 9 heteroatoms. The average molecular weight is 405 g/mol. The molecular weight excluding hydrogens is 392 g/mol. The molecule has 1 aromatic heterocycles. The molecule has 1 aromatic carbocycles. The molecule has 22 heavy (non-hydrogen) atoms. The van der Waals surface area contributed by atoms with Crippen molar-refractivity contribution in [2.45, 2.75) is 11.1 Å². The molecule has 0 atom stereocenters. The first-order chi connectivity index (χ1) is 10.4. The van der Waals surface area contributed by atoms with Gasteiger partial charge in [-0.15, -0.1) is 11.3 Å². The summed E-state index contributed by atoms with van der Waals surface area (Å²) >= 11 is 4.35. The molecule has 0 aliphatic heterocycles. The van der Waals surface area contributed by atoms with Crippen LogP contribution in [0.5, 0.6) is 0 Å². The Kier molecular flexibility index (Phi) is 5.43. The highest BCUT2D eigenvalue weighted by Crippen LogP contribution is 2.27. The molecule has 6 nitrogen and oxygen atoms in total. The zero-order valence-electron chi connectivity index (χ0n) is 11.5. The van der Waals surface area contributed by atoms with E-state index in [9.17, 15) is 13.2 Å². The van der Waals surface area contributed by atoms with E-state index in [0.29, 0.717) is 11.4 Å². The summed E-state index contributed by atoms with van der Waals surface area (Å²) in [6.07, 6.45) is -0.556. The van der Waals surface area contributed by atoms with Crippen molar-refractivity contribution in [3.05, 3.63) is 40.2 Å². The summed E-state index contributed by atoms with van der Waals surface area (Å²) in [5.74, 6) is 0. The Hall–Kier alpha value is -1.58. The van der Waals surface area contributed by atoms with E-state index in [-0.39, 0.29) is 10.8 Å². The quantitative estimate of drug-likeness (QED) is 0.791. The van der Waals surface area contributed by atoms with Gasteiger partial charge in [0.15, 0.2) is 0 Å². The van der Waals surface area contributed by atoms with Gasteiger partial charge in [-0.1, -0.05) is 0 Å². The van der Waals surface area contributed by atoms with Crippen LogP contribution in [0.2, 0.25) is 0 Å². The number of halogens is 1. The molecule has 0 spiro atoms. The smallest absolute Gasteiger partial charge is 0.411 e. The largest absolute Gasteiger partial charge is 0.450 e. The molecule has 118 valence electrons. The number of nitrogens with one attached hydrogen (secondary N) is 2. The predicted molar refractivity (Wildman–Crippen MR) is 89.9 cm³/mol. The van der Waals surface area contributed by atoms with Crippen LogP contribution in [0.1, 0.15) is 6.92 Å². The zero-order chi connectivity index (χ0) is 16.2. The summed E-state index contributed by atoms with van der Waals surface area (Å²) < 4.78 is 32.5. The molecule has 0 unspecified atom stereocenters. The SMILES string of the molecule is CCOC(=O)Nc1ccc(NS(=O)(=O)c2ccc(Br)s2)cc1. The van der Waals surface area contributed by atoms with E-state index in [0.717, 1.165) is 15.1 Å². The monoisotopic (exact) mass is 404 g/mol. The third-order valence-electron chi connectivity index (χ3n) is 2.47. The average Bonchev–Trinajstić information content (AvgIpc) is 2.88. The van der Waals surface area contributed by atoms with Gasteiger partial charge < -0.3 is 4.74 Å². The van der Waals surface area contributed by atoms with Crippen molar-refractivity contribution in [1.29, 1.82) is 0 Å². The second-order valence-corrected chi connectivity index (χ2v) is 8.46.